The van der Waals surface area contributed by atoms with Crippen LogP contribution in [0.1, 0.15) is 272 Å². The Hall–Kier alpha value is -8.52. The van der Waals surface area contributed by atoms with Crippen molar-refractivity contribution in [2.45, 2.75) is 233 Å². The van der Waals surface area contributed by atoms with Gasteiger partial charge in [0.15, 0.2) is 0 Å². The zero-order chi connectivity index (χ0) is 75.9. The molecule has 8 aromatic carbocycles. The Morgan fingerprint density at radius 3 is 0.465 bits per heavy atom. The number of rotatable bonds is 10. The first-order chi connectivity index (χ1) is 47.2. The summed E-state index contributed by atoms with van der Waals surface area (Å²) in [7, 11) is 3.25. The molecule has 99 heavy (non-hydrogen) atoms. The molecule has 0 bridgehead atoms. The summed E-state index contributed by atoms with van der Waals surface area (Å²) in [5, 5.41) is 0. The van der Waals surface area contributed by atoms with E-state index in [0.717, 1.165) is 0 Å². The Morgan fingerprint density at radius 2 is 0.394 bits per heavy atom. The van der Waals surface area contributed by atoms with Crippen LogP contribution < -0.4 is 0 Å². The maximum atomic E-state index is 5.11. The van der Waals surface area contributed by atoms with Gasteiger partial charge in [0, 0.05) is 20.1 Å². The quantitative estimate of drug-likeness (QED) is 0.127. The number of hydrogen-bond acceptors (Lipinski definition) is 2. The van der Waals surface area contributed by atoms with Gasteiger partial charge in [-0.1, -0.05) is 385 Å². The minimum absolute atomic E-state index is 0.302. The molecule has 0 heterocycles. The van der Waals surface area contributed by atoms with Gasteiger partial charge >= 0.3 is 0 Å². The topological polar surface area (TPSA) is 18.5 Å². The maximum absolute atomic E-state index is 5.11. The Bertz CT molecular complexity index is 2720. The molecule has 536 valence electrons. The van der Waals surface area contributed by atoms with Crippen molar-refractivity contribution < 1.29 is 9.47 Å². The number of ether oxygens (including phenoxy) is 2. The molecule has 0 N–H and O–H groups in total. The molecule has 0 saturated heterocycles. The highest BCUT2D eigenvalue weighted by Gasteiger charge is 1.99. The van der Waals surface area contributed by atoms with Crippen molar-refractivity contribution in [3.63, 3.8) is 0 Å². The van der Waals surface area contributed by atoms with Crippen LogP contribution in [-0.4, -0.2) is 26.9 Å². The van der Waals surface area contributed by atoms with Crippen molar-refractivity contribution in [1.82, 2.24) is 0 Å². The minimum atomic E-state index is 0.302. The second-order valence-corrected chi connectivity index (χ2v) is 25.5. The Balaban J connectivity index is -0.000000325. The zero-order valence-electron chi connectivity index (χ0n) is 67.4. The SMILES string of the molecule is CC#CC.CC#CC#CC.CC#CC(C)C.CC#CCOC(C)C.CC(C)c1ccccc1.CC(C)c1ccccc1.CC(C)c1ccccc1.CC(C)c1ccccc1.CC(C)c1ccccc1.CC(C)c1ccccc1.CC(C)c1ccccc1.CC(C)c1ccccc1.COC. The lowest BCUT2D eigenvalue weighted by Gasteiger charge is -2.01. The van der Waals surface area contributed by atoms with E-state index in [0.29, 0.717) is 66.0 Å². The van der Waals surface area contributed by atoms with Crippen molar-refractivity contribution in [2.75, 3.05) is 20.8 Å². The molecule has 0 aliphatic carbocycles. The largest absolute Gasteiger partial charge is 0.388 e. The summed E-state index contributed by atoms with van der Waals surface area (Å²) in [6.45, 7) is 54.8. The van der Waals surface area contributed by atoms with Gasteiger partial charge in [0.25, 0.3) is 0 Å². The molecule has 8 aromatic rings. The second-order valence-electron chi connectivity index (χ2n) is 25.5. The van der Waals surface area contributed by atoms with E-state index in [1.54, 1.807) is 28.1 Å². The van der Waals surface area contributed by atoms with Crippen molar-refractivity contribution in [2.24, 2.45) is 5.92 Å². The minimum Gasteiger partial charge on any atom is -0.388 e. The Labute approximate surface area is 612 Å². The zero-order valence-corrected chi connectivity index (χ0v) is 67.4. The molecule has 2 nitrogen and oxygen atoms in total. The lowest BCUT2D eigenvalue weighted by Crippen LogP contribution is -2.01. The molecular formula is C97H136O2. The number of hydrogen-bond donors (Lipinski definition) is 0. The third kappa shape index (κ3) is 69.2. The lowest BCUT2D eigenvalue weighted by atomic mass is 10.0. The molecule has 0 unspecified atom stereocenters. The van der Waals surface area contributed by atoms with Crippen molar-refractivity contribution in [3.05, 3.63) is 287 Å². The molecule has 0 saturated carbocycles. The smallest absolute Gasteiger partial charge is 0.108 e. The summed E-state index contributed by atoms with van der Waals surface area (Å²) in [4.78, 5) is 0. The van der Waals surface area contributed by atoms with Crippen LogP contribution in [0, 0.1) is 65.1 Å². The summed E-state index contributed by atoms with van der Waals surface area (Å²) >= 11 is 0. The lowest BCUT2D eigenvalue weighted by molar-refractivity contribution is 0.107. The molecule has 0 radical (unpaired) electrons. The summed E-state index contributed by atoms with van der Waals surface area (Å²) in [5.74, 6) is 33.0. The summed E-state index contributed by atoms with van der Waals surface area (Å²) < 4.78 is 9.36. The first-order valence-corrected chi connectivity index (χ1v) is 35.6. The van der Waals surface area contributed by atoms with Gasteiger partial charge in [-0.15, -0.1) is 29.6 Å². The molecule has 0 fully saturated rings. The third-order valence-corrected chi connectivity index (χ3v) is 13.4. The van der Waals surface area contributed by atoms with Crippen LogP contribution in [-0.2, 0) is 9.47 Å². The fourth-order valence-electron chi connectivity index (χ4n) is 7.40. The molecular weight excluding hydrogens is 1200 g/mol. The van der Waals surface area contributed by atoms with E-state index in [1.165, 1.54) is 44.5 Å². The average Bonchev–Trinajstić information content (AvgIpc) is 2.81. The van der Waals surface area contributed by atoms with E-state index in [9.17, 15) is 0 Å². The average molecular weight is 1330 g/mol. The highest BCUT2D eigenvalue weighted by atomic mass is 16.5. The highest BCUT2D eigenvalue weighted by Crippen LogP contribution is 2.17. The standard InChI is InChI=1S/8C9H12.C7H12O.C6H10.C6H6.C4H6.C2H6O/c8*1-8(2)9-6-4-3-5-7-9;1-4-5-6-8-7(2)3;1-4-5-6(2)3;1-3-5-6-4-2;1-3-4-2;1-3-2/h8*3-8H,1-2H3;7H,6H2,1-3H3;6H,1-3H3;1-2H3;1-2H3;1-2H3. The van der Waals surface area contributed by atoms with Gasteiger partial charge in [0.05, 0.1) is 6.10 Å². The van der Waals surface area contributed by atoms with Crippen LogP contribution in [0.15, 0.2) is 243 Å². The van der Waals surface area contributed by atoms with E-state index in [1.807, 2.05) is 90.1 Å². The van der Waals surface area contributed by atoms with Crippen LogP contribution in [0.2, 0.25) is 0 Å². The molecule has 0 aromatic heterocycles. The highest BCUT2D eigenvalue weighted by molar-refractivity contribution is 5.25. The Morgan fingerprint density at radius 1 is 0.232 bits per heavy atom. The van der Waals surface area contributed by atoms with E-state index in [-0.39, 0.29) is 0 Å². The molecule has 2 heteroatoms. The molecule has 0 amide bonds. The van der Waals surface area contributed by atoms with Gasteiger partial charge in [-0.2, -0.15) is 0 Å². The molecule has 0 atom stereocenters. The van der Waals surface area contributed by atoms with Gasteiger partial charge < -0.3 is 9.47 Å². The van der Waals surface area contributed by atoms with Crippen molar-refractivity contribution >= 4 is 0 Å². The van der Waals surface area contributed by atoms with Gasteiger partial charge in [0.1, 0.15) is 6.61 Å². The van der Waals surface area contributed by atoms with Crippen LogP contribution in [0.3, 0.4) is 0 Å². The van der Waals surface area contributed by atoms with Crippen LogP contribution >= 0.6 is 0 Å². The Kier molecular flexibility index (Phi) is 72.3. The van der Waals surface area contributed by atoms with Crippen LogP contribution in [0.5, 0.6) is 0 Å². The predicted octanol–water partition coefficient (Wildman–Crippen LogP) is 27.9. The van der Waals surface area contributed by atoms with E-state index in [2.05, 4.69) is 383 Å². The van der Waals surface area contributed by atoms with Crippen LogP contribution in [0.25, 0.3) is 0 Å². The number of methoxy groups -OCH3 is 1. The molecule has 0 aliphatic heterocycles. The third-order valence-electron chi connectivity index (χ3n) is 13.4. The van der Waals surface area contributed by atoms with Gasteiger partial charge in [-0.3, -0.25) is 0 Å². The molecule has 8 rings (SSSR count). The van der Waals surface area contributed by atoms with E-state index >= 15 is 0 Å². The monoisotopic (exact) mass is 1330 g/mol. The fourth-order valence-corrected chi connectivity index (χ4v) is 7.40. The fraction of sp³-hybridized carbons (Fsp3) is 0.402. The van der Waals surface area contributed by atoms with E-state index in [4.69, 9.17) is 4.74 Å². The summed E-state index contributed by atoms with van der Waals surface area (Å²) in [5.41, 5.74) is 11.3. The number of benzene rings is 8. The molecule has 0 aliphatic rings. The second kappa shape index (κ2) is 72.2. The predicted molar refractivity (Wildman–Crippen MR) is 446 cm³/mol. The van der Waals surface area contributed by atoms with Gasteiger partial charge in [0.2, 0.25) is 0 Å². The first kappa shape index (κ1) is 99.1. The maximum Gasteiger partial charge on any atom is 0.108 e. The first-order valence-electron chi connectivity index (χ1n) is 35.6. The normalized spacial score (nSPS) is 9.03. The summed E-state index contributed by atoms with van der Waals surface area (Å²) in [6, 6.07) is 84.2. The van der Waals surface area contributed by atoms with Crippen molar-refractivity contribution in [3.8, 4) is 59.2 Å². The van der Waals surface area contributed by atoms with Crippen molar-refractivity contribution in [1.29, 1.82) is 0 Å². The van der Waals surface area contributed by atoms with E-state index < -0.39 is 0 Å². The van der Waals surface area contributed by atoms with Gasteiger partial charge in [-0.05, 0) is 159 Å². The van der Waals surface area contributed by atoms with Crippen LogP contribution in [0.4, 0.5) is 0 Å². The molecule has 0 spiro atoms. The van der Waals surface area contributed by atoms with Gasteiger partial charge in [-0.25, -0.2) is 0 Å². The summed E-state index contributed by atoms with van der Waals surface area (Å²) in [6.07, 6.45) is 0.302.